The molecule has 0 spiro atoms. The Morgan fingerprint density at radius 3 is 2.68 bits per heavy atom. The van der Waals surface area contributed by atoms with E-state index in [-0.39, 0.29) is 13.2 Å². The van der Waals surface area contributed by atoms with E-state index in [1.54, 1.807) is 40.0 Å². The molecule has 1 aromatic heterocycles. The summed E-state index contributed by atoms with van der Waals surface area (Å²) < 4.78 is 39.7. The lowest BCUT2D eigenvalue weighted by molar-refractivity contribution is 0.130. The maximum Gasteiger partial charge on any atom is 0.414 e. The van der Waals surface area contributed by atoms with Crippen LogP contribution in [0.3, 0.4) is 0 Å². The molecule has 1 aliphatic heterocycles. The summed E-state index contributed by atoms with van der Waals surface area (Å²) in [6.07, 6.45) is 5.05. The predicted molar refractivity (Wildman–Crippen MR) is 178 cm³/mol. The number of amides is 3. The lowest BCUT2D eigenvalue weighted by atomic mass is 9.93. The van der Waals surface area contributed by atoms with Crippen molar-refractivity contribution >= 4 is 56.8 Å². The number of benzene rings is 3. The molecule has 6 rings (SSSR count). The van der Waals surface area contributed by atoms with Crippen molar-refractivity contribution in [1.82, 2.24) is 15.3 Å². The van der Waals surface area contributed by atoms with E-state index >= 15 is 0 Å². The van der Waals surface area contributed by atoms with E-state index in [2.05, 4.69) is 14.7 Å². The molecule has 0 saturated heterocycles. The zero-order valence-corrected chi connectivity index (χ0v) is 27.7. The van der Waals surface area contributed by atoms with Crippen LogP contribution in [0.5, 0.6) is 5.75 Å². The van der Waals surface area contributed by atoms with Gasteiger partial charge in [0.1, 0.15) is 19.0 Å². The topological polar surface area (TPSA) is 141 Å². The summed E-state index contributed by atoms with van der Waals surface area (Å²) in [4.78, 5) is 27.0. The Labute approximate surface area is 281 Å². The average Bonchev–Trinajstić information content (AvgIpc) is 3.68. The van der Waals surface area contributed by atoms with Gasteiger partial charge in [-0.3, -0.25) is 9.58 Å². The van der Waals surface area contributed by atoms with E-state index in [4.69, 9.17) is 32.7 Å². The van der Waals surface area contributed by atoms with Crippen LogP contribution in [-0.4, -0.2) is 56.3 Å². The third-order valence-electron chi connectivity index (χ3n) is 7.96. The van der Waals surface area contributed by atoms with E-state index in [1.165, 1.54) is 0 Å². The Morgan fingerprint density at radius 1 is 1.06 bits per heavy atom. The highest BCUT2D eigenvalue weighted by molar-refractivity contribution is 7.85. The van der Waals surface area contributed by atoms with Crippen LogP contribution < -0.4 is 20.4 Å². The van der Waals surface area contributed by atoms with Crippen LogP contribution in [0.25, 0.3) is 11.1 Å². The smallest absolute Gasteiger partial charge is 0.414 e. The standard InChI is InChI=1S/C32H31Cl2N5O7S/c1-19-26(33)6-4-8-29(19)44-11-12-45-32(41)39-18-20-14-25(20)30-24(5-3-7-28(30)39)22-15-35-38(17-22)16-21-13-23(9-10-27(21)34)36-31(40)37-46-47(2,42)43/h3-10,13,15,17,20,25H,11-12,14,16,18H2,1-2H3,(H2,36,37,40)/t20-,25-/m0/s1. The van der Waals surface area contributed by atoms with Crippen molar-refractivity contribution in [1.29, 1.82) is 0 Å². The zero-order valence-electron chi connectivity index (χ0n) is 25.4. The van der Waals surface area contributed by atoms with E-state index in [9.17, 15) is 18.0 Å². The first-order valence-corrected chi connectivity index (χ1v) is 17.3. The number of fused-ring (bicyclic) bond motifs is 3. The zero-order chi connectivity index (χ0) is 33.3. The highest BCUT2D eigenvalue weighted by Gasteiger charge is 2.48. The second kappa shape index (κ2) is 13.4. The van der Waals surface area contributed by atoms with Crippen LogP contribution in [0, 0.1) is 12.8 Å². The number of hydrogen-bond acceptors (Lipinski definition) is 8. The Balaban J connectivity index is 1.13. The molecule has 0 unspecified atom stereocenters. The molecule has 1 fully saturated rings. The van der Waals surface area contributed by atoms with Crippen LogP contribution in [-0.2, 0) is 25.7 Å². The molecule has 47 heavy (non-hydrogen) atoms. The van der Waals surface area contributed by atoms with Gasteiger partial charge in [0.05, 0.1) is 24.7 Å². The SMILES string of the molecule is Cc1c(Cl)cccc1OCCOC(=O)N1C[C@@H]2C[C@@H]2c2c(-c3cnn(Cc4cc(NC(=O)NOS(C)(=O)=O)ccc4Cl)c3)cccc21. The van der Waals surface area contributed by atoms with Gasteiger partial charge in [-0.05, 0) is 78.3 Å². The minimum absolute atomic E-state index is 0.0928. The molecule has 2 atom stereocenters. The van der Waals surface area contributed by atoms with Gasteiger partial charge in [-0.25, -0.2) is 9.59 Å². The molecule has 15 heteroatoms. The number of nitrogens with zero attached hydrogens (tertiary/aromatic N) is 3. The van der Waals surface area contributed by atoms with Crippen LogP contribution in [0.4, 0.5) is 21.0 Å². The van der Waals surface area contributed by atoms with Crippen molar-refractivity contribution in [3.63, 3.8) is 0 Å². The van der Waals surface area contributed by atoms with E-state index < -0.39 is 22.2 Å². The highest BCUT2D eigenvalue weighted by atomic mass is 35.5. The normalized spacial score (nSPS) is 16.6. The summed E-state index contributed by atoms with van der Waals surface area (Å²) in [5.74, 6) is 1.35. The number of carbonyl (C=O) groups excluding carboxylic acids is 2. The maximum atomic E-state index is 13.3. The number of aromatic nitrogens is 2. The molecule has 3 aromatic carbocycles. The Kier molecular flexibility index (Phi) is 9.33. The number of rotatable bonds is 10. The second-order valence-corrected chi connectivity index (χ2v) is 13.7. The van der Waals surface area contributed by atoms with Gasteiger partial charge in [-0.2, -0.15) is 19.0 Å². The molecule has 1 aliphatic carbocycles. The predicted octanol–water partition coefficient (Wildman–Crippen LogP) is 6.37. The number of nitrogens with one attached hydrogen (secondary N) is 2. The largest absolute Gasteiger partial charge is 0.490 e. The monoisotopic (exact) mass is 699 g/mol. The van der Waals surface area contributed by atoms with Crippen LogP contribution >= 0.6 is 23.2 Å². The lowest BCUT2D eigenvalue weighted by Crippen LogP contribution is -2.37. The van der Waals surface area contributed by atoms with Gasteiger partial charge >= 0.3 is 12.1 Å². The van der Waals surface area contributed by atoms with E-state index in [0.717, 1.165) is 40.6 Å². The van der Waals surface area contributed by atoms with Gasteiger partial charge in [-0.15, -0.1) is 4.28 Å². The van der Waals surface area contributed by atoms with Crippen LogP contribution in [0.15, 0.2) is 67.0 Å². The van der Waals surface area contributed by atoms with Gasteiger partial charge < -0.3 is 14.8 Å². The molecule has 1 saturated carbocycles. The molecule has 12 nitrogen and oxygen atoms in total. The average molecular weight is 701 g/mol. The van der Waals surface area contributed by atoms with Gasteiger partial charge in [0, 0.05) is 39.6 Å². The molecule has 2 aliphatic rings. The molecular formula is C32H31Cl2N5O7S. The number of hydrogen-bond donors (Lipinski definition) is 2. The number of hydroxylamine groups is 1. The Hall–Kier alpha value is -4.30. The van der Waals surface area contributed by atoms with Crippen molar-refractivity contribution in [2.24, 2.45) is 5.92 Å². The van der Waals surface area contributed by atoms with Gasteiger partial charge in [0.15, 0.2) is 0 Å². The van der Waals surface area contributed by atoms with Crippen molar-refractivity contribution < 1.29 is 31.8 Å². The number of ether oxygens (including phenoxy) is 2. The van der Waals surface area contributed by atoms with E-state index in [1.807, 2.05) is 48.9 Å². The van der Waals surface area contributed by atoms with Gasteiger partial charge in [-0.1, -0.05) is 41.4 Å². The first kappa shape index (κ1) is 32.6. The fraction of sp³-hybridized carbons (Fsp3) is 0.281. The highest BCUT2D eigenvalue weighted by Crippen LogP contribution is 2.57. The fourth-order valence-corrected chi connectivity index (χ4v) is 6.22. The van der Waals surface area contributed by atoms with E-state index in [0.29, 0.717) is 52.0 Å². The van der Waals surface area contributed by atoms with Crippen molar-refractivity contribution in [3.05, 3.63) is 93.7 Å². The summed E-state index contributed by atoms with van der Waals surface area (Å²) in [5, 5.41) is 8.12. The third-order valence-corrected chi connectivity index (χ3v) is 9.12. The van der Waals surface area contributed by atoms with Gasteiger partial charge in [0.2, 0.25) is 0 Å². The quantitative estimate of drug-likeness (QED) is 0.144. The second-order valence-electron chi connectivity index (χ2n) is 11.4. The summed E-state index contributed by atoms with van der Waals surface area (Å²) in [7, 11) is -3.86. The minimum atomic E-state index is -3.86. The van der Waals surface area contributed by atoms with Crippen molar-refractivity contribution in [2.45, 2.75) is 25.8 Å². The number of urea groups is 1. The van der Waals surface area contributed by atoms with Crippen molar-refractivity contribution in [3.8, 4) is 16.9 Å². The van der Waals surface area contributed by atoms with Gasteiger partial charge in [0.25, 0.3) is 10.1 Å². The molecule has 2 heterocycles. The minimum Gasteiger partial charge on any atom is -0.490 e. The molecule has 3 amide bonds. The molecule has 0 radical (unpaired) electrons. The summed E-state index contributed by atoms with van der Waals surface area (Å²) in [6.45, 7) is 3.06. The number of carbonyl (C=O) groups is 2. The molecular weight excluding hydrogens is 669 g/mol. The third kappa shape index (κ3) is 7.65. The Bertz CT molecular complexity index is 1950. The maximum absolute atomic E-state index is 13.3. The number of halogens is 2. The van der Waals surface area contributed by atoms with Crippen LogP contribution in [0.2, 0.25) is 10.0 Å². The fourth-order valence-electron chi connectivity index (χ4n) is 5.65. The Morgan fingerprint density at radius 2 is 1.87 bits per heavy atom. The lowest BCUT2D eigenvalue weighted by Gasteiger charge is -2.29. The molecule has 246 valence electrons. The molecule has 4 aromatic rings. The van der Waals surface area contributed by atoms with Crippen molar-refractivity contribution in [2.75, 3.05) is 36.2 Å². The first-order valence-electron chi connectivity index (χ1n) is 14.7. The van der Waals surface area contributed by atoms with Crippen LogP contribution in [0.1, 0.15) is 29.0 Å². The summed E-state index contributed by atoms with van der Waals surface area (Å²) in [6, 6.07) is 15.3. The molecule has 0 bridgehead atoms. The number of anilines is 2. The summed E-state index contributed by atoms with van der Waals surface area (Å²) >= 11 is 12.6. The molecule has 2 N–H and O–H groups in total. The summed E-state index contributed by atoms with van der Waals surface area (Å²) in [5.41, 5.74) is 7.48. The first-order chi connectivity index (χ1) is 22.5.